The maximum Gasteiger partial charge on any atom is 0.236 e. The van der Waals surface area contributed by atoms with Crippen LogP contribution in [0.25, 0.3) is 0 Å². The Bertz CT molecular complexity index is 680. The zero-order valence-electron chi connectivity index (χ0n) is 15.0. The number of thiazole rings is 1. The van der Waals surface area contributed by atoms with E-state index in [9.17, 15) is 4.79 Å². The van der Waals surface area contributed by atoms with Gasteiger partial charge in [-0.1, -0.05) is 30.3 Å². The lowest BCUT2D eigenvalue weighted by molar-refractivity contribution is -0.134. The second kappa shape index (κ2) is 8.56. The third kappa shape index (κ3) is 5.36. The molecule has 0 spiro atoms. The van der Waals surface area contributed by atoms with E-state index in [1.807, 2.05) is 37.1 Å². The first-order valence-electron chi connectivity index (χ1n) is 8.74. The monoisotopic (exact) mass is 358 g/mol. The molecule has 1 saturated heterocycles. The van der Waals surface area contributed by atoms with Crippen molar-refractivity contribution in [1.29, 1.82) is 0 Å². The second-order valence-corrected chi connectivity index (χ2v) is 7.73. The molecule has 25 heavy (non-hydrogen) atoms. The Kier molecular flexibility index (Phi) is 6.18. The molecule has 0 bridgehead atoms. The molecular formula is C19H26N4OS. The van der Waals surface area contributed by atoms with Crippen LogP contribution < -0.4 is 0 Å². The maximum absolute atomic E-state index is 12.5. The van der Waals surface area contributed by atoms with Gasteiger partial charge in [-0.05, 0) is 19.5 Å². The summed E-state index contributed by atoms with van der Waals surface area (Å²) in [7, 11) is 2.01. The maximum atomic E-state index is 12.5. The Morgan fingerprint density at radius 3 is 2.56 bits per heavy atom. The molecule has 5 nitrogen and oxygen atoms in total. The molecule has 0 saturated carbocycles. The summed E-state index contributed by atoms with van der Waals surface area (Å²) in [6, 6.07) is 10.3. The Morgan fingerprint density at radius 1 is 1.20 bits per heavy atom. The van der Waals surface area contributed by atoms with E-state index in [1.54, 1.807) is 11.3 Å². The van der Waals surface area contributed by atoms with Gasteiger partial charge in [-0.25, -0.2) is 4.98 Å². The van der Waals surface area contributed by atoms with E-state index in [1.165, 1.54) is 5.56 Å². The smallest absolute Gasteiger partial charge is 0.236 e. The van der Waals surface area contributed by atoms with Crippen molar-refractivity contribution in [3.63, 3.8) is 0 Å². The van der Waals surface area contributed by atoms with Gasteiger partial charge in [-0.3, -0.25) is 14.6 Å². The molecular weight excluding hydrogens is 332 g/mol. The normalized spacial score (nSPS) is 15.7. The molecule has 6 heteroatoms. The van der Waals surface area contributed by atoms with Crippen molar-refractivity contribution in [1.82, 2.24) is 19.7 Å². The summed E-state index contributed by atoms with van der Waals surface area (Å²) in [4.78, 5) is 23.5. The summed E-state index contributed by atoms with van der Waals surface area (Å²) in [6.45, 7) is 7.66. The summed E-state index contributed by atoms with van der Waals surface area (Å²) in [6.07, 6.45) is 0. The number of aromatic nitrogens is 1. The number of rotatable bonds is 6. The highest BCUT2D eigenvalue weighted by atomic mass is 32.1. The molecule has 1 aromatic carbocycles. The van der Waals surface area contributed by atoms with Gasteiger partial charge >= 0.3 is 0 Å². The molecule has 1 amide bonds. The van der Waals surface area contributed by atoms with Crippen LogP contribution in [0.2, 0.25) is 0 Å². The van der Waals surface area contributed by atoms with Crippen LogP contribution in [0.3, 0.4) is 0 Å². The molecule has 0 atom stereocenters. The lowest BCUT2D eigenvalue weighted by Gasteiger charge is -2.35. The lowest BCUT2D eigenvalue weighted by atomic mass is 10.2. The van der Waals surface area contributed by atoms with Crippen molar-refractivity contribution in [3.05, 3.63) is 52.0 Å². The summed E-state index contributed by atoms with van der Waals surface area (Å²) in [5.74, 6) is 0.225. The number of carbonyl (C=O) groups excluding carboxylic acids is 1. The number of benzene rings is 1. The highest BCUT2D eigenvalue weighted by Gasteiger charge is 2.22. The standard InChI is InChI=1S/C19H26N4OS/c1-16-20-18(15-25-16)13-22-8-10-23(11-9-22)19(24)14-21(2)12-17-6-4-3-5-7-17/h3-7,15H,8-14H2,1-2H3. The first kappa shape index (κ1) is 18.0. The number of nitrogens with zero attached hydrogens (tertiary/aromatic N) is 4. The van der Waals surface area contributed by atoms with Crippen molar-refractivity contribution < 1.29 is 4.79 Å². The van der Waals surface area contributed by atoms with E-state index in [4.69, 9.17) is 0 Å². The minimum atomic E-state index is 0.225. The van der Waals surface area contributed by atoms with Crippen LogP contribution in [0.4, 0.5) is 0 Å². The Balaban J connectivity index is 1.42. The fourth-order valence-electron chi connectivity index (χ4n) is 3.15. The molecule has 134 valence electrons. The van der Waals surface area contributed by atoms with Crippen LogP contribution in [0.1, 0.15) is 16.3 Å². The third-order valence-electron chi connectivity index (χ3n) is 4.48. The predicted molar refractivity (Wildman–Crippen MR) is 101 cm³/mol. The van der Waals surface area contributed by atoms with E-state index in [-0.39, 0.29) is 5.91 Å². The molecule has 2 aromatic rings. The van der Waals surface area contributed by atoms with Crippen LogP contribution in [0, 0.1) is 6.92 Å². The van der Waals surface area contributed by atoms with Crippen molar-refractivity contribution >= 4 is 17.2 Å². The van der Waals surface area contributed by atoms with E-state index >= 15 is 0 Å². The third-order valence-corrected chi connectivity index (χ3v) is 5.30. The van der Waals surface area contributed by atoms with E-state index in [0.29, 0.717) is 6.54 Å². The summed E-state index contributed by atoms with van der Waals surface area (Å²) >= 11 is 1.70. The second-order valence-electron chi connectivity index (χ2n) is 6.67. The molecule has 0 aliphatic carbocycles. The van der Waals surface area contributed by atoms with Crippen LogP contribution in [0.15, 0.2) is 35.7 Å². The number of likely N-dealkylation sites (N-methyl/N-ethyl adjacent to an activating group) is 1. The Labute approximate surface area is 153 Å². The molecule has 0 N–H and O–H groups in total. The average molecular weight is 359 g/mol. The highest BCUT2D eigenvalue weighted by Crippen LogP contribution is 2.12. The zero-order chi connectivity index (χ0) is 17.6. The largest absolute Gasteiger partial charge is 0.339 e. The summed E-state index contributed by atoms with van der Waals surface area (Å²) in [5.41, 5.74) is 2.38. The van der Waals surface area contributed by atoms with Gasteiger partial charge in [0.15, 0.2) is 0 Å². The molecule has 2 heterocycles. The molecule has 1 aliphatic rings. The number of carbonyl (C=O) groups is 1. The molecule has 1 aliphatic heterocycles. The topological polar surface area (TPSA) is 39.7 Å². The molecule has 0 radical (unpaired) electrons. The fraction of sp³-hybridized carbons (Fsp3) is 0.474. The number of amides is 1. The van der Waals surface area contributed by atoms with Gasteiger partial charge in [-0.2, -0.15) is 0 Å². The van der Waals surface area contributed by atoms with Crippen molar-refractivity contribution in [2.45, 2.75) is 20.0 Å². The van der Waals surface area contributed by atoms with Gasteiger partial charge in [0.25, 0.3) is 0 Å². The van der Waals surface area contributed by atoms with Crippen LogP contribution in [-0.2, 0) is 17.9 Å². The molecule has 0 unspecified atom stereocenters. The average Bonchev–Trinajstić information content (AvgIpc) is 3.01. The van der Waals surface area contributed by atoms with Crippen molar-refractivity contribution in [3.8, 4) is 0 Å². The van der Waals surface area contributed by atoms with Crippen molar-refractivity contribution in [2.24, 2.45) is 0 Å². The summed E-state index contributed by atoms with van der Waals surface area (Å²) < 4.78 is 0. The minimum Gasteiger partial charge on any atom is -0.339 e. The van der Waals surface area contributed by atoms with Gasteiger partial charge in [0.2, 0.25) is 5.91 Å². The van der Waals surface area contributed by atoms with Crippen LogP contribution in [0.5, 0.6) is 0 Å². The molecule has 1 aromatic heterocycles. The van der Waals surface area contributed by atoms with E-state index in [2.05, 4.69) is 32.3 Å². The number of aryl methyl sites for hydroxylation is 1. The zero-order valence-corrected chi connectivity index (χ0v) is 15.8. The minimum absolute atomic E-state index is 0.225. The van der Waals surface area contributed by atoms with Gasteiger partial charge in [0, 0.05) is 44.6 Å². The lowest BCUT2D eigenvalue weighted by Crippen LogP contribution is -2.50. The first-order valence-corrected chi connectivity index (χ1v) is 9.62. The molecule has 3 rings (SSSR count). The van der Waals surface area contributed by atoms with Crippen LogP contribution in [-0.4, -0.2) is 65.4 Å². The quantitative estimate of drug-likeness (QED) is 0.794. The highest BCUT2D eigenvalue weighted by molar-refractivity contribution is 7.09. The Hall–Kier alpha value is -1.76. The van der Waals surface area contributed by atoms with Crippen LogP contribution >= 0.6 is 11.3 Å². The van der Waals surface area contributed by atoms with E-state index in [0.717, 1.165) is 50.0 Å². The van der Waals surface area contributed by atoms with Crippen molar-refractivity contribution in [2.75, 3.05) is 39.8 Å². The van der Waals surface area contributed by atoms with Gasteiger partial charge < -0.3 is 4.90 Å². The Morgan fingerprint density at radius 2 is 1.92 bits per heavy atom. The molecule has 1 fully saturated rings. The number of hydrogen-bond donors (Lipinski definition) is 0. The SMILES string of the molecule is Cc1nc(CN2CCN(C(=O)CN(C)Cc3ccccc3)CC2)cs1. The van der Waals surface area contributed by atoms with Gasteiger partial charge in [0.05, 0.1) is 17.2 Å². The van der Waals surface area contributed by atoms with Gasteiger partial charge in [-0.15, -0.1) is 11.3 Å². The van der Waals surface area contributed by atoms with E-state index < -0.39 is 0 Å². The predicted octanol–water partition coefficient (Wildman–Crippen LogP) is 2.23. The fourth-order valence-corrected chi connectivity index (χ4v) is 3.75. The first-order chi connectivity index (χ1) is 12.1. The number of piperazine rings is 1. The summed E-state index contributed by atoms with van der Waals surface area (Å²) in [5, 5.41) is 3.25. The number of hydrogen-bond acceptors (Lipinski definition) is 5. The van der Waals surface area contributed by atoms with Gasteiger partial charge in [0.1, 0.15) is 0 Å².